The lowest BCUT2D eigenvalue weighted by molar-refractivity contribution is 0.217. The molecule has 1 atom stereocenters. The van der Waals surface area contributed by atoms with Crippen LogP contribution in [-0.4, -0.2) is 16.1 Å². The molecule has 0 saturated carbocycles. The maximum absolute atomic E-state index is 5.79. The minimum Gasteiger partial charge on any atom is -0.491 e. The molecule has 19 heavy (non-hydrogen) atoms. The number of nitrogens with zero attached hydrogens (tertiary/aromatic N) is 2. The molecule has 1 aromatic heterocycles. The molecule has 0 amide bonds. The second-order valence-corrected chi connectivity index (χ2v) is 4.60. The van der Waals surface area contributed by atoms with Gasteiger partial charge in [0.15, 0.2) is 5.82 Å². The van der Waals surface area contributed by atoms with Gasteiger partial charge in [0.05, 0.1) is 18.5 Å². The van der Waals surface area contributed by atoms with Crippen LogP contribution in [0.25, 0.3) is 0 Å². The van der Waals surface area contributed by atoms with Gasteiger partial charge >= 0.3 is 0 Å². The van der Waals surface area contributed by atoms with Crippen molar-refractivity contribution in [3.05, 3.63) is 41.8 Å². The number of hydrogen-bond acceptors (Lipinski definition) is 4. The third-order valence-electron chi connectivity index (χ3n) is 2.62. The Morgan fingerprint density at radius 1 is 1.37 bits per heavy atom. The Bertz CT molecular complexity index is 548. The Hall–Kier alpha value is -1.81. The zero-order valence-corrected chi connectivity index (χ0v) is 11.7. The zero-order valence-electron chi connectivity index (χ0n) is 10.9. The van der Waals surface area contributed by atoms with Crippen LogP contribution in [0.5, 0.6) is 5.75 Å². The lowest BCUT2D eigenvalue weighted by Crippen LogP contribution is -2.09. The number of halogens is 1. The molecule has 1 unspecified atom stereocenters. The van der Waals surface area contributed by atoms with Crippen LogP contribution in [0.2, 0.25) is 5.15 Å². The minimum absolute atomic E-state index is 0.196. The Balaban J connectivity index is 2.10. The fourth-order valence-electron chi connectivity index (χ4n) is 1.51. The van der Waals surface area contributed by atoms with Gasteiger partial charge in [-0.3, -0.25) is 4.98 Å². The lowest BCUT2D eigenvalue weighted by atomic mass is 10.2. The fraction of sp³-hybridized carbons (Fsp3) is 0.286. The first-order chi connectivity index (χ1) is 9.17. The molecule has 1 aromatic carbocycles. The molecule has 2 aromatic rings. The summed E-state index contributed by atoms with van der Waals surface area (Å²) in [5.74, 6) is 1.43. The molecule has 1 N–H and O–H groups in total. The summed E-state index contributed by atoms with van der Waals surface area (Å²) < 4.78 is 5.76. The fourth-order valence-corrected chi connectivity index (χ4v) is 1.66. The van der Waals surface area contributed by atoms with E-state index >= 15 is 0 Å². The van der Waals surface area contributed by atoms with Gasteiger partial charge < -0.3 is 10.1 Å². The second kappa shape index (κ2) is 6.38. The van der Waals surface area contributed by atoms with Gasteiger partial charge in [0.25, 0.3) is 0 Å². The highest BCUT2D eigenvalue weighted by Gasteiger charge is 2.03. The van der Waals surface area contributed by atoms with E-state index in [1.165, 1.54) is 6.20 Å². The number of rotatable bonds is 5. The van der Waals surface area contributed by atoms with Crippen molar-refractivity contribution in [3.63, 3.8) is 0 Å². The molecule has 0 aliphatic rings. The van der Waals surface area contributed by atoms with E-state index in [9.17, 15) is 0 Å². The van der Waals surface area contributed by atoms with E-state index in [1.807, 2.05) is 31.2 Å². The van der Waals surface area contributed by atoms with Gasteiger partial charge in [-0.2, -0.15) is 0 Å². The van der Waals surface area contributed by atoms with Crippen molar-refractivity contribution in [2.45, 2.75) is 26.4 Å². The van der Waals surface area contributed by atoms with E-state index in [2.05, 4.69) is 22.2 Å². The number of nitrogens with one attached hydrogen (secondary N) is 1. The van der Waals surface area contributed by atoms with Crippen LogP contribution in [0.1, 0.15) is 20.3 Å². The summed E-state index contributed by atoms with van der Waals surface area (Å²) in [6.45, 7) is 4.14. The number of benzene rings is 1. The molecule has 1 heterocycles. The highest BCUT2D eigenvalue weighted by atomic mass is 35.5. The van der Waals surface area contributed by atoms with Crippen LogP contribution in [0.3, 0.4) is 0 Å². The van der Waals surface area contributed by atoms with E-state index in [-0.39, 0.29) is 6.10 Å². The molecule has 0 radical (unpaired) electrons. The molecule has 5 heteroatoms. The standard InChI is InChI=1S/C14H16ClN3O/c1-3-10(2)19-12-6-4-5-11(7-12)17-14-9-16-8-13(15)18-14/h4-10H,3H2,1-2H3,(H,17,18). The van der Waals surface area contributed by atoms with Gasteiger partial charge in [0, 0.05) is 11.8 Å². The second-order valence-electron chi connectivity index (χ2n) is 4.22. The maximum atomic E-state index is 5.79. The molecule has 0 fully saturated rings. The van der Waals surface area contributed by atoms with Crippen molar-refractivity contribution >= 4 is 23.1 Å². The molecule has 0 bridgehead atoms. The predicted molar refractivity (Wildman–Crippen MR) is 77.1 cm³/mol. The van der Waals surface area contributed by atoms with Crippen molar-refractivity contribution in [2.75, 3.05) is 5.32 Å². The molecule has 4 nitrogen and oxygen atoms in total. The molecule has 100 valence electrons. The Labute approximate surface area is 117 Å². The van der Waals surface area contributed by atoms with E-state index in [0.717, 1.165) is 17.9 Å². The van der Waals surface area contributed by atoms with Crippen LogP contribution < -0.4 is 10.1 Å². The van der Waals surface area contributed by atoms with Crippen LogP contribution in [-0.2, 0) is 0 Å². The molecule has 0 aliphatic heterocycles. The average molecular weight is 278 g/mol. The monoisotopic (exact) mass is 277 g/mol. The SMILES string of the molecule is CCC(C)Oc1cccc(Nc2cncc(Cl)n2)c1. The molecule has 0 saturated heterocycles. The summed E-state index contributed by atoms with van der Waals surface area (Å²) in [6.07, 6.45) is 4.28. The quantitative estimate of drug-likeness (QED) is 0.895. The molecular weight excluding hydrogens is 262 g/mol. The van der Waals surface area contributed by atoms with Crippen LogP contribution >= 0.6 is 11.6 Å². The van der Waals surface area contributed by atoms with Crippen molar-refractivity contribution < 1.29 is 4.74 Å². The Morgan fingerprint density at radius 3 is 2.95 bits per heavy atom. The Kier molecular flexibility index (Phi) is 4.58. The van der Waals surface area contributed by atoms with E-state index < -0.39 is 0 Å². The van der Waals surface area contributed by atoms with Gasteiger partial charge in [0.1, 0.15) is 10.9 Å². The van der Waals surface area contributed by atoms with Crippen molar-refractivity contribution in [1.29, 1.82) is 0 Å². The third kappa shape index (κ3) is 4.10. The van der Waals surface area contributed by atoms with Gasteiger partial charge in [-0.05, 0) is 25.5 Å². The van der Waals surface area contributed by atoms with Gasteiger partial charge in [-0.1, -0.05) is 24.6 Å². The number of aromatic nitrogens is 2. The van der Waals surface area contributed by atoms with E-state index in [0.29, 0.717) is 11.0 Å². The van der Waals surface area contributed by atoms with Gasteiger partial charge in [0.2, 0.25) is 0 Å². The summed E-state index contributed by atoms with van der Waals surface area (Å²) in [6, 6.07) is 7.72. The summed E-state index contributed by atoms with van der Waals surface area (Å²) in [4.78, 5) is 8.10. The largest absolute Gasteiger partial charge is 0.491 e. The summed E-state index contributed by atoms with van der Waals surface area (Å²) >= 11 is 5.79. The molecular formula is C14H16ClN3O. The summed E-state index contributed by atoms with van der Waals surface area (Å²) in [7, 11) is 0. The van der Waals surface area contributed by atoms with Crippen LogP contribution in [0.4, 0.5) is 11.5 Å². The van der Waals surface area contributed by atoms with E-state index in [1.54, 1.807) is 6.20 Å². The minimum atomic E-state index is 0.196. The van der Waals surface area contributed by atoms with Gasteiger partial charge in [-0.25, -0.2) is 4.98 Å². The topological polar surface area (TPSA) is 47.0 Å². The van der Waals surface area contributed by atoms with Crippen molar-refractivity contribution in [3.8, 4) is 5.75 Å². The summed E-state index contributed by atoms with van der Waals surface area (Å²) in [5.41, 5.74) is 0.886. The number of hydrogen-bond donors (Lipinski definition) is 1. The number of ether oxygens (including phenoxy) is 1. The van der Waals surface area contributed by atoms with Crippen molar-refractivity contribution in [1.82, 2.24) is 9.97 Å². The Morgan fingerprint density at radius 2 is 2.21 bits per heavy atom. The molecule has 0 aliphatic carbocycles. The first kappa shape index (κ1) is 13.6. The average Bonchev–Trinajstić information content (AvgIpc) is 2.39. The third-order valence-corrected chi connectivity index (χ3v) is 2.81. The number of anilines is 2. The molecule has 2 rings (SSSR count). The maximum Gasteiger partial charge on any atom is 0.150 e. The normalized spacial score (nSPS) is 11.9. The van der Waals surface area contributed by atoms with Crippen molar-refractivity contribution in [2.24, 2.45) is 0 Å². The first-order valence-electron chi connectivity index (χ1n) is 6.18. The van der Waals surface area contributed by atoms with E-state index in [4.69, 9.17) is 16.3 Å². The summed E-state index contributed by atoms with van der Waals surface area (Å²) in [5, 5.41) is 3.50. The highest BCUT2D eigenvalue weighted by molar-refractivity contribution is 6.29. The smallest absolute Gasteiger partial charge is 0.150 e. The van der Waals surface area contributed by atoms with Crippen LogP contribution in [0, 0.1) is 0 Å². The predicted octanol–water partition coefficient (Wildman–Crippen LogP) is 4.05. The lowest BCUT2D eigenvalue weighted by Gasteiger charge is -2.13. The first-order valence-corrected chi connectivity index (χ1v) is 6.56. The highest BCUT2D eigenvalue weighted by Crippen LogP contribution is 2.22. The van der Waals surface area contributed by atoms with Gasteiger partial charge in [-0.15, -0.1) is 0 Å². The molecule has 0 spiro atoms. The zero-order chi connectivity index (χ0) is 13.7. The van der Waals surface area contributed by atoms with Crippen LogP contribution in [0.15, 0.2) is 36.7 Å².